The number of rotatable bonds is 21. The van der Waals surface area contributed by atoms with Crippen LogP contribution in [0, 0.1) is 0 Å². The normalized spacial score (nSPS) is 11.1. The van der Waals surface area contributed by atoms with Crippen LogP contribution >= 0.6 is 0 Å². The Labute approximate surface area is 209 Å². The lowest BCUT2D eigenvalue weighted by Gasteiger charge is -2.12. The molecule has 194 valence electrons. The van der Waals surface area contributed by atoms with Gasteiger partial charge in [0.1, 0.15) is 5.75 Å². The van der Waals surface area contributed by atoms with Crippen molar-refractivity contribution in [3.05, 3.63) is 29.8 Å². The lowest BCUT2D eigenvalue weighted by molar-refractivity contribution is -0.144. The minimum atomic E-state index is -0.298. The molecule has 0 aliphatic heterocycles. The van der Waals surface area contributed by atoms with Gasteiger partial charge in [-0.05, 0) is 30.4 Å². The van der Waals surface area contributed by atoms with Crippen LogP contribution in [0.4, 0.5) is 0 Å². The fourth-order valence-corrected chi connectivity index (χ4v) is 4.16. The first-order valence-corrected chi connectivity index (χ1v) is 14.0. The zero-order chi connectivity index (χ0) is 24.9. The lowest BCUT2D eigenvalue weighted by atomic mass is 10.0. The summed E-state index contributed by atoms with van der Waals surface area (Å²) < 4.78 is 10.8. The molecule has 0 atom stereocenters. The first-order valence-electron chi connectivity index (χ1n) is 14.0. The second-order valence-electron chi connectivity index (χ2n) is 9.84. The molecule has 0 saturated carbocycles. The van der Waals surface area contributed by atoms with Crippen LogP contribution in [0.25, 0.3) is 0 Å². The van der Waals surface area contributed by atoms with Crippen LogP contribution in [0.3, 0.4) is 0 Å². The zero-order valence-corrected chi connectivity index (χ0v) is 22.2. The summed E-state index contributed by atoms with van der Waals surface area (Å²) in [5.74, 6) is 0.384. The monoisotopic (exact) mass is 474 g/mol. The molecular weight excluding hydrogens is 424 g/mol. The molecule has 0 bridgehead atoms. The van der Waals surface area contributed by atoms with Gasteiger partial charge in [-0.1, -0.05) is 122 Å². The van der Waals surface area contributed by atoms with Crippen molar-refractivity contribution in [3.8, 4) is 5.75 Å². The number of carbonyl (C=O) groups is 2. The summed E-state index contributed by atoms with van der Waals surface area (Å²) >= 11 is 0. The molecule has 0 aliphatic rings. The van der Waals surface area contributed by atoms with Gasteiger partial charge in [0, 0.05) is 12.8 Å². The van der Waals surface area contributed by atoms with E-state index in [-0.39, 0.29) is 30.7 Å². The van der Waals surface area contributed by atoms with Crippen LogP contribution < -0.4 is 4.74 Å². The van der Waals surface area contributed by atoms with Crippen molar-refractivity contribution in [2.24, 2.45) is 0 Å². The summed E-state index contributed by atoms with van der Waals surface area (Å²) in [7, 11) is 0. The smallest absolute Gasteiger partial charge is 0.311 e. The van der Waals surface area contributed by atoms with Crippen molar-refractivity contribution in [2.75, 3.05) is 6.61 Å². The molecule has 0 unspecified atom stereocenters. The SMILES string of the molecule is CCCCCCCCCCCCCCCCOC(=O)CCCC(=O)Oc1ccccc1C(C)C. The van der Waals surface area contributed by atoms with Crippen molar-refractivity contribution in [2.45, 2.75) is 136 Å². The molecule has 0 heterocycles. The summed E-state index contributed by atoms with van der Waals surface area (Å²) in [6, 6.07) is 7.60. The Morgan fingerprint density at radius 3 is 1.74 bits per heavy atom. The summed E-state index contributed by atoms with van der Waals surface area (Å²) in [5.41, 5.74) is 1.02. The molecule has 0 amide bonds. The van der Waals surface area contributed by atoms with Gasteiger partial charge in [-0.25, -0.2) is 0 Å². The van der Waals surface area contributed by atoms with Crippen LogP contribution in [0.15, 0.2) is 24.3 Å². The van der Waals surface area contributed by atoms with Crippen molar-refractivity contribution >= 4 is 11.9 Å². The molecule has 1 aromatic carbocycles. The predicted octanol–water partition coefficient (Wildman–Crippen LogP) is 8.91. The molecule has 0 N–H and O–H groups in total. The van der Waals surface area contributed by atoms with E-state index in [1.165, 1.54) is 77.0 Å². The number of hydrogen-bond acceptors (Lipinski definition) is 4. The second kappa shape index (κ2) is 20.5. The van der Waals surface area contributed by atoms with Crippen molar-refractivity contribution < 1.29 is 19.1 Å². The Morgan fingerprint density at radius 1 is 0.676 bits per heavy atom. The van der Waals surface area contributed by atoms with Crippen molar-refractivity contribution in [1.82, 2.24) is 0 Å². The van der Waals surface area contributed by atoms with Crippen molar-refractivity contribution in [3.63, 3.8) is 0 Å². The van der Waals surface area contributed by atoms with E-state index in [1.54, 1.807) is 0 Å². The molecule has 1 rings (SSSR count). The molecule has 0 aliphatic carbocycles. The Balaban J connectivity index is 1.92. The molecule has 0 radical (unpaired) electrons. The number of ether oxygens (including phenoxy) is 2. The first-order chi connectivity index (χ1) is 16.5. The molecule has 4 heteroatoms. The van der Waals surface area contributed by atoms with E-state index in [9.17, 15) is 9.59 Å². The summed E-state index contributed by atoms with van der Waals surface area (Å²) in [5, 5.41) is 0. The fraction of sp³-hybridized carbons (Fsp3) is 0.733. The average molecular weight is 475 g/mol. The second-order valence-corrected chi connectivity index (χ2v) is 9.84. The van der Waals surface area contributed by atoms with E-state index < -0.39 is 0 Å². The molecule has 0 fully saturated rings. The van der Waals surface area contributed by atoms with Gasteiger partial charge in [-0.3, -0.25) is 9.59 Å². The Hall–Kier alpha value is -1.84. The highest BCUT2D eigenvalue weighted by atomic mass is 16.5. The third-order valence-electron chi connectivity index (χ3n) is 6.29. The van der Waals surface area contributed by atoms with Crippen molar-refractivity contribution in [1.29, 1.82) is 0 Å². The number of hydrogen-bond donors (Lipinski definition) is 0. The summed E-state index contributed by atoms with van der Waals surface area (Å²) in [6.45, 7) is 6.90. The van der Waals surface area contributed by atoms with E-state index >= 15 is 0 Å². The molecule has 4 nitrogen and oxygen atoms in total. The Kier molecular flexibility index (Phi) is 18.2. The molecule has 0 saturated heterocycles. The molecule has 34 heavy (non-hydrogen) atoms. The third kappa shape index (κ3) is 15.9. The van der Waals surface area contributed by atoms with Gasteiger partial charge in [0.15, 0.2) is 0 Å². The average Bonchev–Trinajstić information content (AvgIpc) is 2.81. The van der Waals surface area contributed by atoms with Crippen LogP contribution in [0.1, 0.15) is 141 Å². The molecular formula is C30H50O4. The van der Waals surface area contributed by atoms with Crippen LogP contribution in [0.2, 0.25) is 0 Å². The van der Waals surface area contributed by atoms with Gasteiger partial charge in [-0.15, -0.1) is 0 Å². The third-order valence-corrected chi connectivity index (χ3v) is 6.29. The fourth-order valence-electron chi connectivity index (χ4n) is 4.16. The highest BCUT2D eigenvalue weighted by molar-refractivity contribution is 5.74. The summed E-state index contributed by atoms with van der Waals surface area (Å²) in [4.78, 5) is 24.0. The van der Waals surface area contributed by atoms with Gasteiger partial charge in [-0.2, -0.15) is 0 Å². The maximum absolute atomic E-state index is 12.1. The summed E-state index contributed by atoms with van der Waals surface area (Å²) in [6.07, 6.45) is 19.3. The van der Waals surface area contributed by atoms with Gasteiger partial charge < -0.3 is 9.47 Å². The standard InChI is InChI=1S/C30H50O4/c1-4-5-6-7-8-9-10-11-12-13-14-15-16-19-25-33-29(31)23-20-24-30(32)34-28-22-18-17-21-27(28)26(2)3/h17-18,21-22,26H,4-16,19-20,23-25H2,1-3H3. The minimum Gasteiger partial charge on any atom is -0.466 e. The molecule has 0 aromatic heterocycles. The van der Waals surface area contributed by atoms with Gasteiger partial charge in [0.05, 0.1) is 6.61 Å². The highest BCUT2D eigenvalue weighted by Gasteiger charge is 2.12. The number of carbonyl (C=O) groups excluding carboxylic acids is 2. The maximum Gasteiger partial charge on any atom is 0.311 e. The molecule has 0 spiro atoms. The van der Waals surface area contributed by atoms with Gasteiger partial charge in [0.25, 0.3) is 0 Å². The van der Waals surface area contributed by atoms with E-state index in [0.717, 1.165) is 18.4 Å². The Morgan fingerprint density at radius 2 is 1.18 bits per heavy atom. The Bertz CT molecular complexity index is 653. The quantitative estimate of drug-likeness (QED) is 0.101. The van der Waals surface area contributed by atoms with Gasteiger partial charge in [0.2, 0.25) is 0 Å². The lowest BCUT2D eigenvalue weighted by Crippen LogP contribution is -2.11. The van der Waals surface area contributed by atoms with E-state index in [4.69, 9.17) is 9.47 Å². The van der Waals surface area contributed by atoms with Crippen LogP contribution in [-0.2, 0) is 14.3 Å². The maximum atomic E-state index is 12.1. The number of para-hydroxylation sites is 1. The topological polar surface area (TPSA) is 52.6 Å². The van der Waals surface area contributed by atoms with Gasteiger partial charge >= 0.3 is 11.9 Å². The van der Waals surface area contributed by atoms with Crippen LogP contribution in [-0.4, -0.2) is 18.5 Å². The highest BCUT2D eigenvalue weighted by Crippen LogP contribution is 2.26. The predicted molar refractivity (Wildman–Crippen MR) is 141 cm³/mol. The number of esters is 2. The van der Waals surface area contributed by atoms with E-state index in [1.807, 2.05) is 24.3 Å². The first kappa shape index (κ1) is 30.2. The zero-order valence-electron chi connectivity index (χ0n) is 22.2. The minimum absolute atomic E-state index is 0.218. The van der Waals surface area contributed by atoms with E-state index in [2.05, 4.69) is 20.8 Å². The largest absolute Gasteiger partial charge is 0.466 e. The number of unbranched alkanes of at least 4 members (excludes halogenated alkanes) is 13. The molecule has 1 aromatic rings. The van der Waals surface area contributed by atoms with Crippen LogP contribution in [0.5, 0.6) is 5.75 Å². The van der Waals surface area contributed by atoms with E-state index in [0.29, 0.717) is 18.8 Å². The number of benzene rings is 1.